The van der Waals surface area contributed by atoms with Crippen molar-refractivity contribution in [3.8, 4) is 11.8 Å². The highest BCUT2D eigenvalue weighted by molar-refractivity contribution is 5.13. The van der Waals surface area contributed by atoms with E-state index in [4.69, 9.17) is 0 Å². The molecule has 1 fully saturated rings. The molecule has 1 saturated heterocycles. The van der Waals surface area contributed by atoms with E-state index in [1.54, 1.807) is 0 Å². The van der Waals surface area contributed by atoms with E-state index in [0.717, 1.165) is 6.54 Å². The molecular weight excluding hydrogens is 184 g/mol. The zero-order valence-electron chi connectivity index (χ0n) is 10.3. The van der Waals surface area contributed by atoms with Gasteiger partial charge in [0.15, 0.2) is 0 Å². The van der Waals surface area contributed by atoms with Crippen LogP contribution in [0.4, 0.5) is 0 Å². The van der Waals surface area contributed by atoms with Crippen LogP contribution in [-0.4, -0.2) is 36.6 Å². The maximum absolute atomic E-state index is 3.49. The van der Waals surface area contributed by atoms with Crippen LogP contribution in [0.3, 0.4) is 0 Å². The molecule has 0 saturated carbocycles. The second kappa shape index (κ2) is 6.87. The summed E-state index contributed by atoms with van der Waals surface area (Å²) < 4.78 is 0. The van der Waals surface area contributed by atoms with Gasteiger partial charge in [-0.2, -0.15) is 0 Å². The Bertz CT molecular complexity index is 220. The Morgan fingerprint density at radius 1 is 1.27 bits per heavy atom. The molecule has 2 atom stereocenters. The van der Waals surface area contributed by atoms with Gasteiger partial charge in [-0.05, 0) is 45.8 Å². The molecule has 0 spiro atoms. The highest BCUT2D eigenvalue weighted by Crippen LogP contribution is 2.15. The van der Waals surface area contributed by atoms with Crippen LogP contribution in [0, 0.1) is 11.8 Å². The SMILES string of the molecule is CC#C[C@H]1NCC[C@@H]1N(CCC)CCC. The number of rotatable bonds is 5. The third-order valence-corrected chi connectivity index (χ3v) is 2.98. The summed E-state index contributed by atoms with van der Waals surface area (Å²) in [6.45, 7) is 9.98. The first-order valence-electron chi connectivity index (χ1n) is 6.23. The molecule has 1 N–H and O–H groups in total. The summed E-state index contributed by atoms with van der Waals surface area (Å²) in [6, 6.07) is 1.03. The maximum atomic E-state index is 3.49. The Kier molecular flexibility index (Phi) is 5.75. The normalized spacial score (nSPS) is 25.3. The molecule has 2 nitrogen and oxygen atoms in total. The summed E-state index contributed by atoms with van der Waals surface area (Å²) in [4.78, 5) is 2.61. The summed E-state index contributed by atoms with van der Waals surface area (Å²) in [5.74, 6) is 6.33. The van der Waals surface area contributed by atoms with Crippen LogP contribution in [0.25, 0.3) is 0 Å². The van der Waals surface area contributed by atoms with Gasteiger partial charge in [0, 0.05) is 6.04 Å². The average Bonchev–Trinajstić information content (AvgIpc) is 2.66. The molecule has 0 aromatic carbocycles. The standard InChI is InChI=1S/C13H24N2/c1-4-7-12-13(8-9-14-12)15(10-5-2)11-6-3/h12-14H,5-6,8-11H2,1-3H3/t12-,13+/m1/s1. The molecule has 0 aromatic rings. The van der Waals surface area contributed by atoms with Crippen LogP contribution in [-0.2, 0) is 0 Å². The van der Waals surface area contributed by atoms with Crippen molar-refractivity contribution in [3.63, 3.8) is 0 Å². The quantitative estimate of drug-likeness (QED) is 0.694. The molecule has 1 rings (SSSR count). The molecule has 0 amide bonds. The molecule has 0 aliphatic carbocycles. The maximum Gasteiger partial charge on any atom is 0.0847 e. The topological polar surface area (TPSA) is 15.3 Å². The summed E-state index contributed by atoms with van der Waals surface area (Å²) in [5, 5.41) is 3.49. The number of nitrogens with zero attached hydrogens (tertiary/aromatic N) is 1. The molecule has 2 heteroatoms. The monoisotopic (exact) mass is 208 g/mol. The predicted octanol–water partition coefficient (Wildman–Crippen LogP) is 1.86. The summed E-state index contributed by atoms with van der Waals surface area (Å²) in [6.07, 6.45) is 3.73. The van der Waals surface area contributed by atoms with E-state index in [-0.39, 0.29) is 0 Å². The Labute approximate surface area is 94.4 Å². The smallest absolute Gasteiger partial charge is 0.0847 e. The Morgan fingerprint density at radius 3 is 2.47 bits per heavy atom. The molecular formula is C13H24N2. The first-order chi connectivity index (χ1) is 7.33. The van der Waals surface area contributed by atoms with E-state index in [2.05, 4.69) is 35.9 Å². The predicted molar refractivity (Wildman–Crippen MR) is 65.8 cm³/mol. The van der Waals surface area contributed by atoms with E-state index < -0.39 is 0 Å². The van der Waals surface area contributed by atoms with Crippen molar-refractivity contribution in [2.24, 2.45) is 0 Å². The summed E-state index contributed by atoms with van der Waals surface area (Å²) in [5.41, 5.74) is 0. The fourth-order valence-electron chi connectivity index (χ4n) is 2.40. The molecule has 0 bridgehead atoms. The van der Waals surface area contributed by atoms with Gasteiger partial charge in [0.2, 0.25) is 0 Å². The molecule has 0 unspecified atom stereocenters. The van der Waals surface area contributed by atoms with E-state index in [1.807, 2.05) is 6.92 Å². The van der Waals surface area contributed by atoms with Crippen molar-refractivity contribution in [2.45, 2.75) is 52.1 Å². The first kappa shape index (κ1) is 12.5. The van der Waals surface area contributed by atoms with Gasteiger partial charge in [0.05, 0.1) is 6.04 Å². The minimum Gasteiger partial charge on any atom is -0.302 e. The molecule has 86 valence electrons. The average molecular weight is 208 g/mol. The van der Waals surface area contributed by atoms with E-state index >= 15 is 0 Å². The first-order valence-corrected chi connectivity index (χ1v) is 6.23. The summed E-state index contributed by atoms with van der Waals surface area (Å²) >= 11 is 0. The molecule has 1 aliphatic heterocycles. The van der Waals surface area contributed by atoms with Crippen LogP contribution < -0.4 is 5.32 Å². The molecule has 0 aromatic heterocycles. The minimum atomic E-state index is 0.396. The third kappa shape index (κ3) is 3.52. The van der Waals surface area contributed by atoms with Crippen molar-refractivity contribution in [3.05, 3.63) is 0 Å². The lowest BCUT2D eigenvalue weighted by atomic mass is 10.1. The van der Waals surface area contributed by atoms with Gasteiger partial charge < -0.3 is 5.32 Å². The molecule has 15 heavy (non-hydrogen) atoms. The van der Waals surface area contributed by atoms with Crippen LogP contribution in [0.1, 0.15) is 40.0 Å². The van der Waals surface area contributed by atoms with Crippen LogP contribution in [0.2, 0.25) is 0 Å². The summed E-state index contributed by atoms with van der Waals surface area (Å²) in [7, 11) is 0. The fraction of sp³-hybridized carbons (Fsp3) is 0.846. The highest BCUT2D eigenvalue weighted by atomic mass is 15.2. The van der Waals surface area contributed by atoms with E-state index in [1.165, 1.54) is 32.4 Å². The Balaban J connectivity index is 2.58. The van der Waals surface area contributed by atoms with Crippen LogP contribution in [0.15, 0.2) is 0 Å². The van der Waals surface area contributed by atoms with Crippen molar-refractivity contribution in [2.75, 3.05) is 19.6 Å². The van der Waals surface area contributed by atoms with Crippen LogP contribution >= 0.6 is 0 Å². The van der Waals surface area contributed by atoms with Gasteiger partial charge in [0.25, 0.3) is 0 Å². The van der Waals surface area contributed by atoms with Gasteiger partial charge in [-0.15, -0.1) is 5.92 Å². The number of hydrogen-bond donors (Lipinski definition) is 1. The van der Waals surface area contributed by atoms with Crippen molar-refractivity contribution in [1.29, 1.82) is 0 Å². The van der Waals surface area contributed by atoms with Crippen molar-refractivity contribution >= 4 is 0 Å². The zero-order valence-corrected chi connectivity index (χ0v) is 10.3. The lowest BCUT2D eigenvalue weighted by molar-refractivity contribution is 0.195. The van der Waals surface area contributed by atoms with E-state index in [9.17, 15) is 0 Å². The van der Waals surface area contributed by atoms with Gasteiger partial charge in [-0.1, -0.05) is 19.8 Å². The number of hydrogen-bond acceptors (Lipinski definition) is 2. The van der Waals surface area contributed by atoms with Crippen molar-refractivity contribution in [1.82, 2.24) is 10.2 Å². The van der Waals surface area contributed by atoms with Gasteiger partial charge in [0.1, 0.15) is 0 Å². The molecule has 1 aliphatic rings. The minimum absolute atomic E-state index is 0.396. The lowest BCUT2D eigenvalue weighted by Crippen LogP contribution is -2.43. The van der Waals surface area contributed by atoms with Crippen molar-refractivity contribution < 1.29 is 0 Å². The molecule has 0 radical (unpaired) electrons. The Hall–Kier alpha value is -0.520. The van der Waals surface area contributed by atoms with E-state index in [0.29, 0.717) is 12.1 Å². The molecule has 1 heterocycles. The zero-order chi connectivity index (χ0) is 11.1. The third-order valence-electron chi connectivity index (χ3n) is 2.98. The van der Waals surface area contributed by atoms with Gasteiger partial charge in [-0.3, -0.25) is 4.90 Å². The van der Waals surface area contributed by atoms with Gasteiger partial charge >= 0.3 is 0 Å². The fourth-order valence-corrected chi connectivity index (χ4v) is 2.40. The highest BCUT2D eigenvalue weighted by Gasteiger charge is 2.29. The lowest BCUT2D eigenvalue weighted by Gasteiger charge is -2.30. The van der Waals surface area contributed by atoms with Gasteiger partial charge in [-0.25, -0.2) is 0 Å². The largest absolute Gasteiger partial charge is 0.302 e. The number of nitrogens with one attached hydrogen (secondary N) is 1. The van der Waals surface area contributed by atoms with Crippen LogP contribution in [0.5, 0.6) is 0 Å². The Morgan fingerprint density at radius 2 is 1.93 bits per heavy atom. The second-order valence-corrected chi connectivity index (χ2v) is 4.22. The second-order valence-electron chi connectivity index (χ2n) is 4.22.